The Kier molecular flexibility index (Phi) is 7.11. The maximum Gasteiger partial charge on any atom is 0.327 e. The van der Waals surface area contributed by atoms with Gasteiger partial charge in [-0.25, -0.2) is 4.79 Å². The van der Waals surface area contributed by atoms with Crippen LogP contribution in [0, 0.1) is 5.92 Å². The average Bonchev–Trinajstić information content (AvgIpc) is 2.88. The number of hydrogen-bond donors (Lipinski definition) is 2. The van der Waals surface area contributed by atoms with E-state index in [1.54, 1.807) is 50.4 Å². The summed E-state index contributed by atoms with van der Waals surface area (Å²) in [5.74, 6) is 0.697. The van der Waals surface area contributed by atoms with Gasteiger partial charge in [-0.1, -0.05) is 12.1 Å². The number of nitrogens with zero attached hydrogens (tertiary/aromatic N) is 2. The van der Waals surface area contributed by atoms with E-state index in [0.29, 0.717) is 11.3 Å². The Morgan fingerprint density at radius 3 is 2.12 bits per heavy atom. The van der Waals surface area contributed by atoms with Gasteiger partial charge in [0.25, 0.3) is 0 Å². The molecule has 2 aliphatic heterocycles. The minimum atomic E-state index is -0.559. The van der Waals surface area contributed by atoms with Crippen molar-refractivity contribution in [3.8, 4) is 11.5 Å². The molecule has 2 saturated heterocycles. The highest BCUT2D eigenvalue weighted by Crippen LogP contribution is 2.35. The number of thioether (sulfide) groups is 1. The van der Waals surface area contributed by atoms with Crippen molar-refractivity contribution < 1.29 is 23.9 Å². The third-order valence-electron chi connectivity index (χ3n) is 6.21. The first-order valence-corrected chi connectivity index (χ1v) is 11.9. The topological polar surface area (TPSA) is 100 Å². The molecule has 9 nitrogen and oxygen atoms in total. The second-order valence-corrected chi connectivity index (χ2v) is 9.31. The Balaban J connectivity index is 1.56. The van der Waals surface area contributed by atoms with Crippen molar-refractivity contribution >= 4 is 29.5 Å². The molecule has 10 heteroatoms. The van der Waals surface area contributed by atoms with E-state index in [9.17, 15) is 14.4 Å². The number of carbonyl (C=O) groups is 3. The lowest BCUT2D eigenvalue weighted by Gasteiger charge is -2.50. The van der Waals surface area contributed by atoms with Gasteiger partial charge >= 0.3 is 6.03 Å². The lowest BCUT2D eigenvalue weighted by Crippen LogP contribution is -2.72. The molecule has 2 N–H and O–H groups in total. The van der Waals surface area contributed by atoms with Gasteiger partial charge in [-0.15, -0.1) is 11.8 Å². The quantitative estimate of drug-likeness (QED) is 0.578. The van der Waals surface area contributed by atoms with E-state index in [0.717, 1.165) is 16.2 Å². The summed E-state index contributed by atoms with van der Waals surface area (Å²) in [6, 6.07) is 14.1. The number of nitrogens with one attached hydrogen (secondary N) is 2. The molecule has 34 heavy (non-hydrogen) atoms. The standard InChI is InChI=1S/C24H28N4O5S/c1-27-21-19(23(30)28(2)24(27)31)22(26-20(25-21)15-7-11-17(33-4)12-8-15)34-13-18(29)14-5-9-16(32-3)10-6-14/h5-12,19-22,25-26H,13H2,1-4H3. The average molecular weight is 485 g/mol. The number of methoxy groups -OCH3 is 2. The summed E-state index contributed by atoms with van der Waals surface area (Å²) in [5.41, 5.74) is 1.50. The SMILES string of the molecule is COc1ccc(C(=O)CSC2NC(c3ccc(OC)cc3)NC3C2C(=O)N(C)C(=O)N3C)cc1. The van der Waals surface area contributed by atoms with Gasteiger partial charge in [0.15, 0.2) is 5.78 Å². The molecule has 180 valence electrons. The van der Waals surface area contributed by atoms with Crippen LogP contribution in [0.1, 0.15) is 22.1 Å². The molecular formula is C24H28N4O5S. The van der Waals surface area contributed by atoms with Gasteiger partial charge in [-0.05, 0) is 42.0 Å². The smallest absolute Gasteiger partial charge is 0.327 e. The van der Waals surface area contributed by atoms with Crippen LogP contribution in [0.25, 0.3) is 0 Å². The second-order valence-electron chi connectivity index (χ2n) is 8.18. The zero-order valence-electron chi connectivity index (χ0n) is 19.5. The number of carbonyl (C=O) groups excluding carboxylic acids is 3. The zero-order chi connectivity index (χ0) is 24.4. The molecule has 2 heterocycles. The Morgan fingerprint density at radius 1 is 0.941 bits per heavy atom. The van der Waals surface area contributed by atoms with Gasteiger partial charge in [0.1, 0.15) is 11.5 Å². The van der Waals surface area contributed by atoms with E-state index in [-0.39, 0.29) is 29.6 Å². The van der Waals surface area contributed by atoms with Gasteiger partial charge in [0, 0.05) is 19.7 Å². The van der Waals surface area contributed by atoms with Gasteiger partial charge in [0.05, 0.1) is 43.6 Å². The highest BCUT2D eigenvalue weighted by atomic mass is 32.2. The van der Waals surface area contributed by atoms with Gasteiger partial charge in [0.2, 0.25) is 5.91 Å². The maximum atomic E-state index is 13.1. The van der Waals surface area contributed by atoms with Crippen LogP contribution < -0.4 is 20.1 Å². The van der Waals surface area contributed by atoms with Crippen molar-refractivity contribution in [1.29, 1.82) is 0 Å². The normalized spacial score (nSPS) is 24.6. The van der Waals surface area contributed by atoms with Crippen molar-refractivity contribution in [2.75, 3.05) is 34.1 Å². The van der Waals surface area contributed by atoms with Crippen molar-refractivity contribution in [2.24, 2.45) is 5.92 Å². The number of ether oxygens (including phenoxy) is 2. The Hall–Kier alpha value is -3.08. The van der Waals surface area contributed by atoms with Crippen LogP contribution in [0.15, 0.2) is 48.5 Å². The fraction of sp³-hybridized carbons (Fsp3) is 0.375. The van der Waals surface area contributed by atoms with Crippen LogP contribution in [0.4, 0.5) is 4.79 Å². The number of amides is 3. The number of urea groups is 1. The molecule has 4 atom stereocenters. The van der Waals surface area contributed by atoms with Crippen LogP contribution in [0.3, 0.4) is 0 Å². The second kappa shape index (κ2) is 10.0. The number of fused-ring (bicyclic) bond motifs is 1. The van der Waals surface area contributed by atoms with Crippen molar-refractivity contribution in [2.45, 2.75) is 17.7 Å². The van der Waals surface area contributed by atoms with Crippen molar-refractivity contribution in [1.82, 2.24) is 20.4 Å². The van der Waals surface area contributed by atoms with Gasteiger partial charge in [-0.2, -0.15) is 0 Å². The van der Waals surface area contributed by atoms with Crippen molar-refractivity contribution in [3.63, 3.8) is 0 Å². The highest BCUT2D eigenvalue weighted by molar-refractivity contribution is 8.00. The summed E-state index contributed by atoms with van der Waals surface area (Å²) in [4.78, 5) is 41.3. The number of ketones is 1. The summed E-state index contributed by atoms with van der Waals surface area (Å²) in [6.07, 6.45) is -0.842. The first kappa shape index (κ1) is 24.1. The molecule has 0 radical (unpaired) electrons. The van der Waals surface area contributed by atoms with Crippen LogP contribution in [0.2, 0.25) is 0 Å². The molecule has 3 amide bonds. The van der Waals surface area contributed by atoms with Crippen molar-refractivity contribution in [3.05, 3.63) is 59.7 Å². The minimum absolute atomic E-state index is 0.0495. The van der Waals surface area contributed by atoms with Crippen LogP contribution in [-0.4, -0.2) is 73.1 Å². The first-order valence-electron chi connectivity index (χ1n) is 10.8. The monoisotopic (exact) mass is 484 g/mol. The van der Waals surface area contributed by atoms with E-state index in [1.807, 2.05) is 24.3 Å². The Morgan fingerprint density at radius 2 is 1.53 bits per heavy atom. The third-order valence-corrected chi connectivity index (χ3v) is 7.43. The molecule has 0 saturated carbocycles. The lowest BCUT2D eigenvalue weighted by atomic mass is 9.96. The van der Waals surface area contributed by atoms with Crippen LogP contribution in [-0.2, 0) is 4.79 Å². The summed E-state index contributed by atoms with van der Waals surface area (Å²) in [6.45, 7) is 0. The van der Waals surface area contributed by atoms with Gasteiger partial charge < -0.3 is 14.4 Å². The fourth-order valence-corrected chi connectivity index (χ4v) is 5.42. The van der Waals surface area contributed by atoms with E-state index < -0.39 is 17.5 Å². The molecule has 0 aliphatic carbocycles. The van der Waals surface area contributed by atoms with Gasteiger partial charge in [-0.3, -0.25) is 25.1 Å². The maximum absolute atomic E-state index is 13.1. The van der Waals surface area contributed by atoms with Crippen LogP contribution >= 0.6 is 11.8 Å². The van der Waals surface area contributed by atoms with E-state index in [1.165, 1.54) is 18.8 Å². The molecule has 4 rings (SSSR count). The minimum Gasteiger partial charge on any atom is -0.497 e. The Bertz CT molecular complexity index is 1060. The summed E-state index contributed by atoms with van der Waals surface area (Å²) < 4.78 is 10.4. The predicted octanol–water partition coefficient (Wildman–Crippen LogP) is 2.30. The van der Waals surface area contributed by atoms with E-state index >= 15 is 0 Å². The molecule has 0 aromatic heterocycles. The fourth-order valence-electron chi connectivity index (χ4n) is 4.21. The Labute approximate surface area is 202 Å². The predicted molar refractivity (Wildman–Crippen MR) is 129 cm³/mol. The molecule has 2 aromatic rings. The molecule has 2 aromatic carbocycles. The third kappa shape index (κ3) is 4.61. The summed E-state index contributed by atoms with van der Waals surface area (Å²) in [7, 11) is 6.34. The number of hydrogen-bond acceptors (Lipinski definition) is 8. The lowest BCUT2D eigenvalue weighted by molar-refractivity contribution is -0.140. The zero-order valence-corrected chi connectivity index (χ0v) is 20.3. The molecule has 4 unspecified atom stereocenters. The van der Waals surface area contributed by atoms with Crippen LogP contribution in [0.5, 0.6) is 11.5 Å². The molecular weight excluding hydrogens is 456 g/mol. The molecule has 0 spiro atoms. The van der Waals surface area contributed by atoms with E-state index in [2.05, 4.69) is 10.6 Å². The number of Topliss-reactive ketones (excluding diaryl/α,β-unsaturated/α-hetero) is 1. The molecule has 0 bridgehead atoms. The molecule has 2 fully saturated rings. The number of benzene rings is 2. The largest absolute Gasteiger partial charge is 0.497 e. The first-order chi connectivity index (χ1) is 16.3. The molecule has 2 aliphatic rings. The number of rotatable bonds is 7. The van der Waals surface area contributed by atoms with E-state index in [4.69, 9.17) is 9.47 Å². The summed E-state index contributed by atoms with van der Waals surface area (Å²) >= 11 is 1.37. The summed E-state index contributed by atoms with van der Waals surface area (Å²) in [5, 5.41) is 6.47. The number of imide groups is 1. The highest BCUT2D eigenvalue weighted by Gasteiger charge is 2.51.